The molecule has 2 aromatic carbocycles. The summed E-state index contributed by atoms with van der Waals surface area (Å²) in [5, 5.41) is 13.6. The number of amides is 1. The standard InChI is InChI=1S/C25H27N3O5S2/c29-25(21-7-4-8-22(17-21)28(30)31)26-18-23-11-12-24(34-23)35(32,33)27-15-13-20(14-16-27)10-9-19-5-2-1-3-6-19/h1-8,11-12,17,20H,9-10,13-16,18H2,(H,26,29). The SMILES string of the molecule is O=C(NCc1ccc(S(=O)(=O)N2CCC(CCc3ccccc3)CC2)s1)c1cccc([N+](=O)[O-])c1. The summed E-state index contributed by atoms with van der Waals surface area (Å²) in [7, 11) is -3.57. The second-order valence-electron chi connectivity index (χ2n) is 8.58. The number of thiophene rings is 1. The number of piperidine rings is 1. The van der Waals surface area contributed by atoms with E-state index in [9.17, 15) is 23.3 Å². The number of benzene rings is 2. The van der Waals surface area contributed by atoms with E-state index in [1.807, 2.05) is 18.2 Å². The zero-order valence-electron chi connectivity index (χ0n) is 19.1. The van der Waals surface area contributed by atoms with Crippen LogP contribution >= 0.6 is 11.3 Å². The van der Waals surface area contributed by atoms with Gasteiger partial charge in [-0.15, -0.1) is 11.3 Å². The van der Waals surface area contributed by atoms with E-state index < -0.39 is 20.9 Å². The Bertz CT molecular complexity index is 1280. The molecule has 1 aliphatic heterocycles. The average Bonchev–Trinajstić information content (AvgIpc) is 3.37. The number of nitro benzene ring substituents is 1. The summed E-state index contributed by atoms with van der Waals surface area (Å²) in [6.07, 6.45) is 3.77. The second-order valence-corrected chi connectivity index (χ2v) is 11.9. The van der Waals surface area contributed by atoms with Gasteiger partial charge < -0.3 is 5.32 Å². The molecule has 0 spiro atoms. The van der Waals surface area contributed by atoms with Gasteiger partial charge >= 0.3 is 0 Å². The third-order valence-corrected chi connectivity index (χ3v) is 9.68. The lowest BCUT2D eigenvalue weighted by Crippen LogP contribution is -2.38. The van der Waals surface area contributed by atoms with Crippen molar-refractivity contribution in [2.45, 2.75) is 36.4 Å². The predicted octanol–water partition coefficient (Wildman–Crippen LogP) is 4.62. The summed E-state index contributed by atoms with van der Waals surface area (Å²) in [5.74, 6) is 0.0636. The van der Waals surface area contributed by atoms with Crippen molar-refractivity contribution < 1.29 is 18.1 Å². The molecule has 8 nitrogen and oxygen atoms in total. The first kappa shape index (κ1) is 25.0. The first-order chi connectivity index (χ1) is 16.8. The molecule has 3 aromatic rings. The maximum absolute atomic E-state index is 13.1. The molecule has 4 rings (SSSR count). The third-order valence-electron chi connectivity index (χ3n) is 6.23. The highest BCUT2D eigenvalue weighted by molar-refractivity contribution is 7.91. The Labute approximate surface area is 208 Å². The Morgan fingerprint density at radius 3 is 2.51 bits per heavy atom. The van der Waals surface area contributed by atoms with E-state index in [4.69, 9.17) is 0 Å². The quantitative estimate of drug-likeness (QED) is 0.332. The van der Waals surface area contributed by atoms with Crippen LogP contribution in [0.2, 0.25) is 0 Å². The van der Waals surface area contributed by atoms with E-state index in [1.165, 1.54) is 29.8 Å². The molecule has 0 bridgehead atoms. The zero-order valence-corrected chi connectivity index (χ0v) is 20.8. The molecule has 0 unspecified atom stereocenters. The van der Waals surface area contributed by atoms with Crippen LogP contribution in [0.4, 0.5) is 5.69 Å². The van der Waals surface area contributed by atoms with Gasteiger partial charge in [0.2, 0.25) is 0 Å². The summed E-state index contributed by atoms with van der Waals surface area (Å²) in [6, 6.07) is 19.1. The topological polar surface area (TPSA) is 110 Å². The monoisotopic (exact) mass is 513 g/mol. The van der Waals surface area contributed by atoms with Gasteiger partial charge in [-0.1, -0.05) is 36.4 Å². The van der Waals surface area contributed by atoms with Gasteiger partial charge in [-0.05, 0) is 55.4 Å². The number of hydrogen-bond donors (Lipinski definition) is 1. The predicted molar refractivity (Wildman–Crippen MR) is 135 cm³/mol. The number of nitro groups is 1. The van der Waals surface area contributed by atoms with Crippen molar-refractivity contribution in [2.24, 2.45) is 5.92 Å². The van der Waals surface area contributed by atoms with Gasteiger partial charge in [0.1, 0.15) is 4.21 Å². The summed E-state index contributed by atoms with van der Waals surface area (Å²) in [5.41, 5.74) is 1.33. The number of nitrogens with one attached hydrogen (secondary N) is 1. The van der Waals surface area contributed by atoms with Crippen molar-refractivity contribution in [3.05, 3.63) is 92.8 Å². The molecule has 0 aliphatic carbocycles. The summed E-state index contributed by atoms with van der Waals surface area (Å²) in [6.45, 7) is 1.17. The number of sulfonamides is 1. The number of rotatable bonds is 9. The van der Waals surface area contributed by atoms with Crippen molar-refractivity contribution in [2.75, 3.05) is 13.1 Å². The molecule has 0 atom stereocenters. The van der Waals surface area contributed by atoms with Crippen molar-refractivity contribution >= 4 is 33.0 Å². The smallest absolute Gasteiger partial charge is 0.270 e. The fourth-order valence-electron chi connectivity index (χ4n) is 4.20. The van der Waals surface area contributed by atoms with Gasteiger partial charge in [0.05, 0.1) is 11.5 Å². The van der Waals surface area contributed by atoms with Gasteiger partial charge in [-0.25, -0.2) is 8.42 Å². The molecule has 1 aliphatic rings. The molecule has 1 N–H and O–H groups in total. The first-order valence-electron chi connectivity index (χ1n) is 11.5. The van der Waals surface area contributed by atoms with Crippen LogP contribution in [-0.2, 0) is 23.0 Å². The van der Waals surface area contributed by atoms with Crippen molar-refractivity contribution in [1.82, 2.24) is 9.62 Å². The van der Waals surface area contributed by atoms with Crippen LogP contribution in [0.1, 0.15) is 40.1 Å². The first-order valence-corrected chi connectivity index (χ1v) is 13.7. The Morgan fingerprint density at radius 2 is 1.80 bits per heavy atom. The number of carbonyl (C=O) groups is 1. The lowest BCUT2D eigenvalue weighted by molar-refractivity contribution is -0.384. The van der Waals surface area contributed by atoms with Gasteiger partial charge in [-0.2, -0.15) is 4.31 Å². The highest BCUT2D eigenvalue weighted by atomic mass is 32.2. The highest BCUT2D eigenvalue weighted by Crippen LogP contribution is 2.30. The minimum absolute atomic E-state index is 0.142. The largest absolute Gasteiger partial charge is 0.347 e. The molecule has 2 heterocycles. The van der Waals surface area contributed by atoms with Gasteiger partial charge in [-0.3, -0.25) is 14.9 Å². The fraction of sp³-hybridized carbons (Fsp3) is 0.320. The highest BCUT2D eigenvalue weighted by Gasteiger charge is 2.30. The lowest BCUT2D eigenvalue weighted by Gasteiger charge is -2.30. The Hall–Kier alpha value is -3.08. The van der Waals surface area contributed by atoms with E-state index >= 15 is 0 Å². The summed E-state index contributed by atoms with van der Waals surface area (Å²) >= 11 is 1.13. The van der Waals surface area contributed by atoms with Crippen LogP contribution in [0, 0.1) is 16.0 Å². The van der Waals surface area contributed by atoms with Gasteiger partial charge in [0.25, 0.3) is 21.6 Å². The minimum Gasteiger partial charge on any atom is -0.347 e. The van der Waals surface area contributed by atoms with Crippen LogP contribution in [0.3, 0.4) is 0 Å². The Balaban J connectivity index is 1.29. The van der Waals surface area contributed by atoms with E-state index in [1.54, 1.807) is 16.4 Å². The molecule has 35 heavy (non-hydrogen) atoms. The lowest BCUT2D eigenvalue weighted by atomic mass is 9.91. The van der Waals surface area contributed by atoms with Gasteiger partial charge in [0.15, 0.2) is 0 Å². The zero-order chi connectivity index (χ0) is 24.8. The molecular formula is C25H27N3O5S2. The van der Waals surface area contributed by atoms with Crippen LogP contribution in [0.25, 0.3) is 0 Å². The van der Waals surface area contributed by atoms with Crippen LogP contribution < -0.4 is 5.32 Å². The van der Waals surface area contributed by atoms with Crippen molar-refractivity contribution in [3.8, 4) is 0 Å². The van der Waals surface area contributed by atoms with E-state index in [0.717, 1.165) is 37.0 Å². The molecule has 1 saturated heterocycles. The maximum Gasteiger partial charge on any atom is 0.270 e. The minimum atomic E-state index is -3.57. The number of non-ortho nitro benzene ring substituents is 1. The number of carbonyl (C=O) groups excluding carboxylic acids is 1. The molecule has 1 amide bonds. The van der Waals surface area contributed by atoms with Crippen LogP contribution in [0.15, 0.2) is 70.9 Å². The van der Waals surface area contributed by atoms with Gasteiger partial charge in [0, 0.05) is 35.7 Å². The molecular weight excluding hydrogens is 486 g/mol. The summed E-state index contributed by atoms with van der Waals surface area (Å²) in [4.78, 5) is 23.4. The Morgan fingerprint density at radius 1 is 1.06 bits per heavy atom. The second kappa shape index (κ2) is 11.1. The van der Waals surface area contributed by atoms with Crippen LogP contribution in [-0.4, -0.2) is 36.6 Å². The normalized spacial score (nSPS) is 15.1. The molecule has 10 heteroatoms. The van der Waals surface area contributed by atoms with Crippen molar-refractivity contribution in [3.63, 3.8) is 0 Å². The molecule has 1 aromatic heterocycles. The van der Waals surface area contributed by atoms with E-state index in [0.29, 0.717) is 23.9 Å². The molecule has 184 valence electrons. The average molecular weight is 514 g/mol. The molecule has 0 radical (unpaired) electrons. The van der Waals surface area contributed by atoms with Crippen molar-refractivity contribution in [1.29, 1.82) is 0 Å². The number of nitrogens with zero attached hydrogens (tertiary/aromatic N) is 2. The van der Waals surface area contributed by atoms with E-state index in [-0.39, 0.29) is 22.0 Å². The number of hydrogen-bond acceptors (Lipinski definition) is 6. The summed E-state index contributed by atoms with van der Waals surface area (Å²) < 4.78 is 28.1. The number of aryl methyl sites for hydroxylation is 1. The third kappa shape index (κ3) is 6.33. The maximum atomic E-state index is 13.1. The molecule has 1 fully saturated rings. The van der Waals surface area contributed by atoms with E-state index in [2.05, 4.69) is 17.4 Å². The fourth-order valence-corrected chi connectivity index (χ4v) is 7.12. The van der Waals surface area contributed by atoms with Crippen LogP contribution in [0.5, 0.6) is 0 Å². The molecule has 0 saturated carbocycles. The Kier molecular flexibility index (Phi) is 7.94.